The lowest BCUT2D eigenvalue weighted by molar-refractivity contribution is -0.136. The van der Waals surface area contributed by atoms with Gasteiger partial charge in [-0.1, -0.05) is 42.8 Å². The molecule has 30 heavy (non-hydrogen) atoms. The van der Waals surface area contributed by atoms with Crippen LogP contribution in [0.15, 0.2) is 59.5 Å². The molecule has 1 atom stereocenters. The first kappa shape index (κ1) is 20.9. The average Bonchev–Trinajstić information content (AvgIpc) is 2.80. The molecule has 0 aliphatic carbocycles. The summed E-state index contributed by atoms with van der Waals surface area (Å²) in [5, 5.41) is 0. The topological polar surface area (TPSA) is 60.9 Å². The number of hydrogen-bond donors (Lipinski definition) is 0. The zero-order chi connectivity index (χ0) is 21.1. The number of hydrogen-bond acceptors (Lipinski definition) is 4. The Morgan fingerprint density at radius 3 is 2.23 bits per heavy atom. The summed E-state index contributed by atoms with van der Waals surface area (Å²) in [6.07, 6.45) is 2.25. The van der Waals surface area contributed by atoms with E-state index in [4.69, 9.17) is 0 Å². The highest BCUT2D eigenvalue weighted by Crippen LogP contribution is 2.27. The normalized spacial score (nSPS) is 20.9. The quantitative estimate of drug-likeness (QED) is 0.753. The molecule has 7 heteroatoms. The van der Waals surface area contributed by atoms with Crippen LogP contribution >= 0.6 is 0 Å². The first-order valence-electron chi connectivity index (χ1n) is 10.6. The van der Waals surface area contributed by atoms with Crippen molar-refractivity contribution in [2.45, 2.75) is 37.1 Å². The summed E-state index contributed by atoms with van der Waals surface area (Å²) in [4.78, 5) is 17.8. The van der Waals surface area contributed by atoms with Crippen LogP contribution in [0.4, 0.5) is 5.69 Å². The molecule has 4 rings (SSSR count). The van der Waals surface area contributed by atoms with Crippen molar-refractivity contribution in [2.24, 2.45) is 0 Å². The number of piperazine rings is 1. The third-order valence-electron chi connectivity index (χ3n) is 6.14. The van der Waals surface area contributed by atoms with E-state index in [1.165, 1.54) is 15.6 Å². The van der Waals surface area contributed by atoms with Gasteiger partial charge in [0, 0.05) is 38.4 Å². The van der Waals surface area contributed by atoms with E-state index in [0.717, 1.165) is 25.9 Å². The molecular formula is C23H29N3O3S. The maximum absolute atomic E-state index is 13.4. The molecule has 0 saturated carbocycles. The van der Waals surface area contributed by atoms with Gasteiger partial charge in [0.15, 0.2) is 0 Å². The van der Waals surface area contributed by atoms with Crippen LogP contribution in [0, 0.1) is 6.92 Å². The summed E-state index contributed by atoms with van der Waals surface area (Å²) in [6, 6.07) is 16.1. The molecule has 160 valence electrons. The fourth-order valence-corrected chi connectivity index (χ4v) is 6.14. The van der Waals surface area contributed by atoms with Crippen molar-refractivity contribution in [1.82, 2.24) is 9.21 Å². The highest BCUT2D eigenvalue weighted by atomic mass is 32.2. The molecule has 0 bridgehead atoms. The van der Waals surface area contributed by atoms with Crippen LogP contribution < -0.4 is 4.90 Å². The van der Waals surface area contributed by atoms with Gasteiger partial charge in [-0.25, -0.2) is 8.42 Å². The van der Waals surface area contributed by atoms with Crippen molar-refractivity contribution in [2.75, 3.05) is 37.6 Å². The Hall–Kier alpha value is -2.38. The van der Waals surface area contributed by atoms with Crippen molar-refractivity contribution in [1.29, 1.82) is 0 Å². The van der Waals surface area contributed by atoms with E-state index in [0.29, 0.717) is 26.1 Å². The van der Waals surface area contributed by atoms with Crippen molar-refractivity contribution in [3.8, 4) is 0 Å². The van der Waals surface area contributed by atoms with E-state index in [1.54, 1.807) is 30.3 Å². The van der Waals surface area contributed by atoms with Crippen molar-refractivity contribution in [3.05, 3.63) is 60.2 Å². The van der Waals surface area contributed by atoms with Gasteiger partial charge in [0.2, 0.25) is 15.9 Å². The fourth-order valence-electron chi connectivity index (χ4n) is 4.46. The predicted molar refractivity (Wildman–Crippen MR) is 118 cm³/mol. The van der Waals surface area contributed by atoms with Crippen molar-refractivity contribution < 1.29 is 13.2 Å². The van der Waals surface area contributed by atoms with Crippen molar-refractivity contribution in [3.63, 3.8) is 0 Å². The molecule has 2 fully saturated rings. The number of carbonyl (C=O) groups excluding carboxylic acids is 1. The Morgan fingerprint density at radius 1 is 0.867 bits per heavy atom. The molecule has 0 aromatic heterocycles. The van der Waals surface area contributed by atoms with Crippen LogP contribution in [0.2, 0.25) is 0 Å². The van der Waals surface area contributed by atoms with Crippen LogP contribution in [0.3, 0.4) is 0 Å². The zero-order valence-corrected chi connectivity index (χ0v) is 18.2. The summed E-state index contributed by atoms with van der Waals surface area (Å²) in [6.45, 7) is 5.24. The standard InChI is InChI=1S/C23H29N3O3S/c1-19-9-5-6-12-21(19)24-15-17-25(18-16-24)23(27)22-13-7-8-14-26(22)30(28,29)20-10-3-2-4-11-20/h2-6,9-12,22H,7-8,13-18H2,1H3. The smallest absolute Gasteiger partial charge is 0.243 e. The van der Waals surface area contributed by atoms with Gasteiger partial charge in [0.05, 0.1) is 4.90 Å². The Bertz CT molecular complexity index is 986. The SMILES string of the molecule is Cc1ccccc1N1CCN(C(=O)C2CCCCN2S(=O)(=O)c2ccccc2)CC1. The minimum absolute atomic E-state index is 0.0568. The second-order valence-electron chi connectivity index (χ2n) is 8.04. The van der Waals surface area contributed by atoms with Crippen LogP contribution in [-0.4, -0.2) is 62.3 Å². The Morgan fingerprint density at radius 2 is 1.53 bits per heavy atom. The number of benzene rings is 2. The monoisotopic (exact) mass is 427 g/mol. The average molecular weight is 428 g/mol. The van der Waals surface area contributed by atoms with E-state index in [2.05, 4.69) is 24.0 Å². The van der Waals surface area contributed by atoms with Gasteiger partial charge >= 0.3 is 0 Å². The molecule has 1 amide bonds. The molecule has 2 aliphatic rings. The van der Waals surface area contributed by atoms with Gasteiger partial charge < -0.3 is 9.80 Å². The lowest BCUT2D eigenvalue weighted by Gasteiger charge is -2.41. The first-order chi connectivity index (χ1) is 14.5. The van der Waals surface area contributed by atoms with Crippen molar-refractivity contribution >= 4 is 21.6 Å². The number of sulfonamides is 1. The van der Waals surface area contributed by atoms with Crippen LogP contribution in [0.25, 0.3) is 0 Å². The van der Waals surface area contributed by atoms with E-state index in [9.17, 15) is 13.2 Å². The number of carbonyl (C=O) groups is 1. The van der Waals surface area contributed by atoms with Crippen LogP contribution in [0.5, 0.6) is 0 Å². The second kappa shape index (κ2) is 8.78. The van der Waals surface area contributed by atoms with Gasteiger partial charge in [0.1, 0.15) is 6.04 Å². The third kappa shape index (κ3) is 4.09. The molecule has 1 unspecified atom stereocenters. The Balaban J connectivity index is 1.48. The molecule has 0 radical (unpaired) electrons. The number of anilines is 1. The molecule has 2 aliphatic heterocycles. The number of amides is 1. The molecule has 2 heterocycles. The highest BCUT2D eigenvalue weighted by molar-refractivity contribution is 7.89. The first-order valence-corrected chi connectivity index (χ1v) is 12.1. The molecule has 0 spiro atoms. The van der Waals surface area contributed by atoms with Gasteiger partial charge in [0.25, 0.3) is 0 Å². The minimum Gasteiger partial charge on any atom is -0.368 e. The Kier molecular flexibility index (Phi) is 6.11. The summed E-state index contributed by atoms with van der Waals surface area (Å²) < 4.78 is 27.8. The molecular weight excluding hydrogens is 398 g/mol. The molecule has 2 saturated heterocycles. The largest absolute Gasteiger partial charge is 0.368 e. The molecule has 0 N–H and O–H groups in total. The Labute approximate surface area is 179 Å². The molecule has 2 aromatic rings. The number of para-hydroxylation sites is 1. The van der Waals surface area contributed by atoms with E-state index < -0.39 is 16.1 Å². The lowest BCUT2D eigenvalue weighted by Crippen LogP contribution is -2.57. The van der Waals surface area contributed by atoms with Gasteiger partial charge in [-0.15, -0.1) is 0 Å². The zero-order valence-electron chi connectivity index (χ0n) is 17.4. The maximum Gasteiger partial charge on any atom is 0.243 e. The van der Waals surface area contributed by atoms with E-state index in [-0.39, 0.29) is 10.8 Å². The number of rotatable bonds is 4. The number of nitrogens with zero attached hydrogens (tertiary/aromatic N) is 3. The minimum atomic E-state index is -3.68. The molecule has 6 nitrogen and oxygen atoms in total. The van der Waals surface area contributed by atoms with Gasteiger partial charge in [-0.3, -0.25) is 4.79 Å². The van der Waals surface area contributed by atoms with E-state index >= 15 is 0 Å². The van der Waals surface area contributed by atoms with E-state index in [1.807, 2.05) is 17.0 Å². The highest BCUT2D eigenvalue weighted by Gasteiger charge is 2.40. The summed E-state index contributed by atoms with van der Waals surface area (Å²) >= 11 is 0. The van der Waals surface area contributed by atoms with Crippen LogP contribution in [0.1, 0.15) is 24.8 Å². The molecule has 2 aromatic carbocycles. The van der Waals surface area contributed by atoms with Gasteiger partial charge in [-0.2, -0.15) is 4.31 Å². The maximum atomic E-state index is 13.4. The van der Waals surface area contributed by atoms with Gasteiger partial charge in [-0.05, 0) is 43.5 Å². The predicted octanol–water partition coefficient (Wildman–Crippen LogP) is 2.89. The summed E-state index contributed by atoms with van der Waals surface area (Å²) in [7, 11) is -3.68. The lowest BCUT2D eigenvalue weighted by atomic mass is 10.0. The van der Waals surface area contributed by atoms with Crippen LogP contribution in [-0.2, 0) is 14.8 Å². The second-order valence-corrected chi connectivity index (χ2v) is 9.93. The summed E-state index contributed by atoms with van der Waals surface area (Å²) in [5.74, 6) is -0.0568. The summed E-state index contributed by atoms with van der Waals surface area (Å²) in [5.41, 5.74) is 2.43. The fraction of sp³-hybridized carbons (Fsp3) is 0.435. The third-order valence-corrected chi connectivity index (χ3v) is 8.06. The number of piperidine rings is 1. The number of aryl methyl sites for hydroxylation is 1.